The van der Waals surface area contributed by atoms with E-state index in [9.17, 15) is 14.3 Å². The summed E-state index contributed by atoms with van der Waals surface area (Å²) in [4.78, 5) is 12.1. The average Bonchev–Trinajstić information content (AvgIpc) is 2.77. The predicted octanol–water partition coefficient (Wildman–Crippen LogP) is 3.97. The molecule has 4 nitrogen and oxygen atoms in total. The van der Waals surface area contributed by atoms with Gasteiger partial charge in [-0.2, -0.15) is 0 Å². The maximum atomic E-state index is 13.5. The molecular weight excluding hydrogens is 293 g/mol. The molecule has 1 heterocycles. The van der Waals surface area contributed by atoms with Gasteiger partial charge in [-0.15, -0.1) is 11.3 Å². The maximum absolute atomic E-state index is 13.5. The highest BCUT2D eigenvalue weighted by atomic mass is 32.1. The molecule has 0 atom stereocenters. The summed E-state index contributed by atoms with van der Waals surface area (Å²) in [6.07, 6.45) is 0. The van der Waals surface area contributed by atoms with Gasteiger partial charge < -0.3 is 15.6 Å². The Kier molecular flexibility index (Phi) is 4.18. The fourth-order valence-corrected chi connectivity index (χ4v) is 3.42. The molecule has 0 aliphatic heterocycles. The summed E-state index contributed by atoms with van der Waals surface area (Å²) in [6, 6.07) is 4.45. The summed E-state index contributed by atoms with van der Waals surface area (Å²) in [7, 11) is 1.39. The molecule has 0 fully saturated rings. The predicted molar refractivity (Wildman–Crippen MR) is 81.7 cm³/mol. The Balaban J connectivity index is 2.68. The van der Waals surface area contributed by atoms with Gasteiger partial charge in [-0.3, -0.25) is 0 Å². The molecule has 112 valence electrons. The van der Waals surface area contributed by atoms with Crippen LogP contribution in [0.4, 0.5) is 10.1 Å². The molecule has 1 aromatic carbocycles. The largest absolute Gasteiger partial charge is 0.494 e. The van der Waals surface area contributed by atoms with Crippen LogP contribution in [0.3, 0.4) is 0 Å². The quantitative estimate of drug-likeness (QED) is 0.896. The van der Waals surface area contributed by atoms with Crippen molar-refractivity contribution in [2.75, 3.05) is 12.8 Å². The van der Waals surface area contributed by atoms with Gasteiger partial charge in [0.25, 0.3) is 0 Å². The zero-order valence-corrected chi connectivity index (χ0v) is 12.8. The number of hydrogen-bond donors (Lipinski definition) is 2. The number of methoxy groups -OCH3 is 1. The third-order valence-corrected chi connectivity index (χ3v) is 4.43. The molecule has 0 radical (unpaired) electrons. The summed E-state index contributed by atoms with van der Waals surface area (Å²) in [6.45, 7) is 3.88. The molecule has 0 aliphatic rings. The first kappa shape index (κ1) is 15.3. The van der Waals surface area contributed by atoms with Crippen LogP contribution in [0, 0.1) is 5.82 Å². The Labute approximate surface area is 126 Å². The molecule has 1 aromatic heterocycles. The highest BCUT2D eigenvalue weighted by Gasteiger charge is 2.23. The van der Waals surface area contributed by atoms with Crippen molar-refractivity contribution < 1.29 is 19.0 Å². The van der Waals surface area contributed by atoms with Crippen LogP contribution in [0.15, 0.2) is 18.2 Å². The minimum atomic E-state index is -1.06. The van der Waals surface area contributed by atoms with Crippen molar-refractivity contribution in [1.29, 1.82) is 0 Å². The standard InChI is InChI=1S/C15H16FNO3S/c1-7(2)11-12(17)14(15(18)19)21-13(11)8-4-5-9(16)10(6-8)20-3/h4-7H,17H2,1-3H3,(H,18,19). The zero-order chi connectivity index (χ0) is 15.7. The number of carboxylic acids is 1. The van der Waals surface area contributed by atoms with E-state index in [1.54, 1.807) is 12.1 Å². The summed E-state index contributed by atoms with van der Waals surface area (Å²) in [5.74, 6) is -1.35. The van der Waals surface area contributed by atoms with Crippen LogP contribution in [0.1, 0.15) is 35.0 Å². The number of carboxylic acid groups (broad SMARTS) is 1. The van der Waals surface area contributed by atoms with Gasteiger partial charge in [-0.1, -0.05) is 19.9 Å². The summed E-state index contributed by atoms with van der Waals surface area (Å²) in [5, 5.41) is 9.22. The van der Waals surface area contributed by atoms with Crippen molar-refractivity contribution in [3.63, 3.8) is 0 Å². The van der Waals surface area contributed by atoms with Crippen LogP contribution in [0.25, 0.3) is 10.4 Å². The van der Waals surface area contributed by atoms with Crippen molar-refractivity contribution in [1.82, 2.24) is 0 Å². The van der Waals surface area contributed by atoms with E-state index in [1.807, 2.05) is 13.8 Å². The molecule has 3 N–H and O–H groups in total. The smallest absolute Gasteiger partial charge is 0.348 e. The molecule has 21 heavy (non-hydrogen) atoms. The molecule has 0 saturated heterocycles. The van der Waals surface area contributed by atoms with Crippen molar-refractivity contribution in [2.24, 2.45) is 0 Å². The van der Waals surface area contributed by atoms with Crippen LogP contribution >= 0.6 is 11.3 Å². The number of halogens is 1. The first-order valence-corrected chi connectivity index (χ1v) is 7.17. The Bertz CT molecular complexity index is 694. The van der Waals surface area contributed by atoms with E-state index < -0.39 is 11.8 Å². The topological polar surface area (TPSA) is 72.5 Å². The van der Waals surface area contributed by atoms with E-state index in [-0.39, 0.29) is 22.2 Å². The maximum Gasteiger partial charge on any atom is 0.348 e. The Hall–Kier alpha value is -2.08. The molecule has 2 aromatic rings. The highest BCUT2D eigenvalue weighted by molar-refractivity contribution is 7.18. The summed E-state index contributed by atoms with van der Waals surface area (Å²) >= 11 is 1.10. The second-order valence-corrected chi connectivity index (χ2v) is 5.92. The first-order chi connectivity index (χ1) is 9.86. The van der Waals surface area contributed by atoms with Gasteiger partial charge in [0.15, 0.2) is 11.6 Å². The third kappa shape index (κ3) is 2.71. The van der Waals surface area contributed by atoms with Crippen molar-refractivity contribution >= 4 is 23.0 Å². The van der Waals surface area contributed by atoms with E-state index >= 15 is 0 Å². The van der Waals surface area contributed by atoms with Crippen LogP contribution in [-0.4, -0.2) is 18.2 Å². The minimum absolute atomic E-state index is 0.0559. The van der Waals surface area contributed by atoms with Gasteiger partial charge in [0, 0.05) is 4.88 Å². The minimum Gasteiger partial charge on any atom is -0.494 e. The summed E-state index contributed by atoms with van der Waals surface area (Å²) in [5.41, 5.74) is 7.71. The number of hydrogen-bond acceptors (Lipinski definition) is 4. The molecule has 0 unspecified atom stereocenters. The van der Waals surface area contributed by atoms with Gasteiger partial charge in [0.1, 0.15) is 4.88 Å². The van der Waals surface area contributed by atoms with Crippen LogP contribution in [0.5, 0.6) is 5.75 Å². The van der Waals surface area contributed by atoms with Crippen molar-refractivity contribution in [2.45, 2.75) is 19.8 Å². The fraction of sp³-hybridized carbons (Fsp3) is 0.267. The molecule has 0 bridgehead atoms. The van der Waals surface area contributed by atoms with Gasteiger partial charge in [-0.05, 0) is 29.2 Å². The lowest BCUT2D eigenvalue weighted by Crippen LogP contribution is -2.00. The number of anilines is 1. The van der Waals surface area contributed by atoms with Gasteiger partial charge in [0.05, 0.1) is 12.8 Å². The van der Waals surface area contributed by atoms with E-state index in [0.29, 0.717) is 5.56 Å². The number of nitrogens with two attached hydrogens (primary N) is 1. The molecule has 6 heteroatoms. The lowest BCUT2D eigenvalue weighted by Gasteiger charge is -2.10. The number of nitrogen functional groups attached to an aromatic ring is 1. The van der Waals surface area contributed by atoms with E-state index in [0.717, 1.165) is 21.8 Å². The summed E-state index contributed by atoms with van der Waals surface area (Å²) < 4.78 is 18.5. The van der Waals surface area contributed by atoms with Crippen LogP contribution in [-0.2, 0) is 0 Å². The number of carbonyl (C=O) groups is 1. The van der Waals surface area contributed by atoms with Crippen molar-refractivity contribution in [3.05, 3.63) is 34.5 Å². The molecule has 0 saturated carbocycles. The normalized spacial score (nSPS) is 10.9. The average molecular weight is 309 g/mol. The lowest BCUT2D eigenvalue weighted by molar-refractivity contribution is 0.0703. The fourth-order valence-electron chi connectivity index (χ4n) is 2.20. The number of aromatic carboxylic acids is 1. The zero-order valence-electron chi connectivity index (χ0n) is 11.9. The number of ether oxygens (including phenoxy) is 1. The Morgan fingerprint density at radius 1 is 1.43 bits per heavy atom. The van der Waals surface area contributed by atoms with E-state index in [4.69, 9.17) is 10.5 Å². The van der Waals surface area contributed by atoms with E-state index in [2.05, 4.69) is 0 Å². The Morgan fingerprint density at radius 2 is 2.10 bits per heavy atom. The lowest BCUT2D eigenvalue weighted by atomic mass is 9.98. The van der Waals surface area contributed by atoms with Crippen molar-refractivity contribution in [3.8, 4) is 16.2 Å². The molecule has 2 rings (SSSR count). The SMILES string of the molecule is COc1cc(-c2sc(C(=O)O)c(N)c2C(C)C)ccc1F. The molecular formula is C15H16FNO3S. The Morgan fingerprint density at radius 3 is 2.62 bits per heavy atom. The molecule has 0 amide bonds. The number of benzene rings is 1. The van der Waals surface area contributed by atoms with Gasteiger partial charge in [-0.25, -0.2) is 9.18 Å². The number of thiophene rings is 1. The second-order valence-electron chi connectivity index (χ2n) is 4.90. The van der Waals surface area contributed by atoms with Gasteiger partial charge >= 0.3 is 5.97 Å². The van der Waals surface area contributed by atoms with E-state index in [1.165, 1.54) is 13.2 Å². The third-order valence-electron chi connectivity index (χ3n) is 3.17. The second kappa shape index (κ2) is 5.73. The van der Waals surface area contributed by atoms with Crippen LogP contribution in [0.2, 0.25) is 0 Å². The molecule has 0 spiro atoms. The number of rotatable bonds is 4. The van der Waals surface area contributed by atoms with Crippen LogP contribution < -0.4 is 10.5 Å². The monoisotopic (exact) mass is 309 g/mol. The highest BCUT2D eigenvalue weighted by Crippen LogP contribution is 2.43. The van der Waals surface area contributed by atoms with Gasteiger partial charge in [0.2, 0.25) is 0 Å². The first-order valence-electron chi connectivity index (χ1n) is 6.36. The molecule has 0 aliphatic carbocycles.